The topological polar surface area (TPSA) is 79.9 Å². The number of hydrogen-bond donors (Lipinski definition) is 2. The number of piperidine rings is 1. The molecular weight excluding hydrogens is 358 g/mol. The van der Waals surface area contributed by atoms with E-state index in [4.69, 9.17) is 9.47 Å². The molecule has 28 heavy (non-hydrogen) atoms. The molecule has 0 saturated carbocycles. The summed E-state index contributed by atoms with van der Waals surface area (Å²) in [6, 6.07) is 5.59. The van der Waals surface area contributed by atoms with Crippen molar-refractivity contribution in [1.82, 2.24) is 15.5 Å². The van der Waals surface area contributed by atoms with E-state index in [0.29, 0.717) is 42.9 Å². The lowest BCUT2D eigenvalue weighted by Gasteiger charge is -2.33. The number of benzene rings is 1. The van der Waals surface area contributed by atoms with Crippen molar-refractivity contribution in [2.24, 2.45) is 0 Å². The lowest BCUT2D eigenvalue weighted by atomic mass is 10.0. The molecule has 156 valence electrons. The second kappa shape index (κ2) is 11.5. The molecule has 1 aliphatic rings. The van der Waals surface area contributed by atoms with Gasteiger partial charge >= 0.3 is 0 Å². The summed E-state index contributed by atoms with van der Waals surface area (Å²) >= 11 is 0. The van der Waals surface area contributed by atoms with Crippen molar-refractivity contribution in [3.63, 3.8) is 0 Å². The van der Waals surface area contributed by atoms with Gasteiger partial charge in [0, 0.05) is 24.7 Å². The van der Waals surface area contributed by atoms with E-state index in [0.717, 1.165) is 13.1 Å². The molecular formula is C21H33N3O4. The fraction of sp³-hybridized carbons (Fsp3) is 0.619. The van der Waals surface area contributed by atoms with Gasteiger partial charge in [-0.15, -0.1) is 0 Å². The molecule has 0 radical (unpaired) electrons. The van der Waals surface area contributed by atoms with Gasteiger partial charge in [0.2, 0.25) is 5.91 Å². The largest absolute Gasteiger partial charge is 0.490 e. The number of amides is 2. The summed E-state index contributed by atoms with van der Waals surface area (Å²) in [6.07, 6.45) is 3.72. The van der Waals surface area contributed by atoms with Crippen molar-refractivity contribution in [2.45, 2.75) is 46.1 Å². The van der Waals surface area contributed by atoms with Gasteiger partial charge in [-0.1, -0.05) is 6.42 Å². The Morgan fingerprint density at radius 1 is 1.11 bits per heavy atom. The van der Waals surface area contributed by atoms with Crippen LogP contribution in [-0.2, 0) is 4.79 Å². The Labute approximate surface area is 167 Å². The van der Waals surface area contributed by atoms with Crippen LogP contribution in [0.2, 0.25) is 0 Å². The predicted molar refractivity (Wildman–Crippen MR) is 109 cm³/mol. The molecule has 0 aliphatic carbocycles. The zero-order chi connectivity index (χ0) is 20.4. The molecule has 1 unspecified atom stereocenters. The van der Waals surface area contributed by atoms with E-state index >= 15 is 0 Å². The van der Waals surface area contributed by atoms with E-state index < -0.39 is 0 Å². The van der Waals surface area contributed by atoms with Gasteiger partial charge in [-0.25, -0.2) is 0 Å². The number of rotatable bonds is 10. The van der Waals surface area contributed by atoms with Crippen LogP contribution in [0.3, 0.4) is 0 Å². The van der Waals surface area contributed by atoms with Crippen molar-refractivity contribution < 1.29 is 19.1 Å². The average molecular weight is 392 g/mol. The van der Waals surface area contributed by atoms with Gasteiger partial charge in [0.25, 0.3) is 5.91 Å². The molecule has 0 aromatic heterocycles. The molecule has 1 heterocycles. The van der Waals surface area contributed by atoms with Gasteiger partial charge in [-0.2, -0.15) is 0 Å². The highest BCUT2D eigenvalue weighted by Crippen LogP contribution is 2.28. The third-order valence-corrected chi connectivity index (χ3v) is 4.88. The molecule has 2 rings (SSSR count). The fourth-order valence-electron chi connectivity index (χ4n) is 3.35. The molecule has 1 aliphatic heterocycles. The summed E-state index contributed by atoms with van der Waals surface area (Å²) in [7, 11) is 0. The van der Waals surface area contributed by atoms with Gasteiger partial charge in [0.1, 0.15) is 0 Å². The highest BCUT2D eigenvalue weighted by molar-refractivity contribution is 5.97. The minimum absolute atomic E-state index is 0.0500. The second-order valence-corrected chi connectivity index (χ2v) is 6.94. The van der Waals surface area contributed by atoms with Crippen LogP contribution < -0.4 is 20.1 Å². The summed E-state index contributed by atoms with van der Waals surface area (Å²) in [5.41, 5.74) is 0.432. The predicted octanol–water partition coefficient (Wildman–Crippen LogP) is 2.20. The molecule has 1 atom stereocenters. The van der Waals surface area contributed by atoms with Crippen LogP contribution in [0.1, 0.15) is 50.4 Å². The maximum absolute atomic E-state index is 12.3. The Bertz CT molecular complexity index is 651. The lowest BCUT2D eigenvalue weighted by molar-refractivity contribution is -0.120. The standard InChI is InChI=1S/C21H33N3O4/c1-4-27-18-10-9-17(14-19(18)28-5-2)21(26)23-15-20(25)22-11-13-24-12-7-6-8-16(24)3/h9-10,14,16H,4-8,11-13,15H2,1-3H3,(H,22,25)(H,23,26). The first-order valence-electron chi connectivity index (χ1n) is 10.2. The summed E-state index contributed by atoms with van der Waals surface area (Å²) in [6.45, 7) is 9.46. The molecule has 2 amide bonds. The molecule has 1 saturated heterocycles. The minimum Gasteiger partial charge on any atom is -0.490 e. The van der Waals surface area contributed by atoms with Crippen LogP contribution in [0.25, 0.3) is 0 Å². The number of carbonyl (C=O) groups excluding carboxylic acids is 2. The Balaban J connectivity index is 1.77. The highest BCUT2D eigenvalue weighted by atomic mass is 16.5. The maximum atomic E-state index is 12.3. The maximum Gasteiger partial charge on any atom is 0.251 e. The normalized spacial score (nSPS) is 17.0. The molecule has 0 bridgehead atoms. The van der Waals surface area contributed by atoms with Crippen LogP contribution >= 0.6 is 0 Å². The number of hydrogen-bond acceptors (Lipinski definition) is 5. The first-order valence-corrected chi connectivity index (χ1v) is 10.2. The SMILES string of the molecule is CCOc1ccc(C(=O)NCC(=O)NCCN2CCCCC2C)cc1OCC. The third kappa shape index (κ3) is 6.71. The summed E-state index contributed by atoms with van der Waals surface area (Å²) in [5.74, 6) is 0.625. The third-order valence-electron chi connectivity index (χ3n) is 4.88. The number of ether oxygens (including phenoxy) is 2. The number of nitrogens with zero attached hydrogens (tertiary/aromatic N) is 1. The van der Waals surface area contributed by atoms with Crippen LogP contribution in [0.15, 0.2) is 18.2 Å². The smallest absolute Gasteiger partial charge is 0.251 e. The van der Waals surface area contributed by atoms with Gasteiger partial charge in [-0.05, 0) is 58.4 Å². The number of nitrogens with one attached hydrogen (secondary N) is 2. The molecule has 1 fully saturated rings. The Kier molecular flexibility index (Phi) is 9.07. The molecule has 1 aromatic rings. The van der Waals surface area contributed by atoms with Crippen molar-refractivity contribution in [3.05, 3.63) is 23.8 Å². The van der Waals surface area contributed by atoms with E-state index in [1.807, 2.05) is 13.8 Å². The molecule has 2 N–H and O–H groups in total. The fourth-order valence-corrected chi connectivity index (χ4v) is 3.35. The number of carbonyl (C=O) groups is 2. The van der Waals surface area contributed by atoms with Crippen molar-refractivity contribution >= 4 is 11.8 Å². The highest BCUT2D eigenvalue weighted by Gasteiger charge is 2.18. The Morgan fingerprint density at radius 3 is 2.57 bits per heavy atom. The summed E-state index contributed by atoms with van der Waals surface area (Å²) in [5, 5.41) is 5.53. The van der Waals surface area contributed by atoms with E-state index in [2.05, 4.69) is 22.5 Å². The minimum atomic E-state index is -0.316. The van der Waals surface area contributed by atoms with Gasteiger partial charge < -0.3 is 20.1 Å². The monoisotopic (exact) mass is 391 g/mol. The van der Waals surface area contributed by atoms with E-state index in [1.165, 1.54) is 19.3 Å². The van der Waals surface area contributed by atoms with E-state index in [1.54, 1.807) is 18.2 Å². The van der Waals surface area contributed by atoms with Crippen LogP contribution in [0.4, 0.5) is 0 Å². The van der Waals surface area contributed by atoms with Gasteiger partial charge in [-0.3, -0.25) is 14.5 Å². The first-order chi connectivity index (χ1) is 13.5. The van der Waals surface area contributed by atoms with E-state index in [9.17, 15) is 9.59 Å². The van der Waals surface area contributed by atoms with Crippen molar-refractivity contribution in [2.75, 3.05) is 39.4 Å². The summed E-state index contributed by atoms with van der Waals surface area (Å²) < 4.78 is 11.0. The Hall–Kier alpha value is -2.28. The van der Waals surface area contributed by atoms with Crippen LogP contribution in [0, 0.1) is 0 Å². The van der Waals surface area contributed by atoms with Gasteiger partial charge in [0.05, 0.1) is 19.8 Å². The van der Waals surface area contributed by atoms with Crippen molar-refractivity contribution in [1.29, 1.82) is 0 Å². The number of likely N-dealkylation sites (tertiary alicyclic amines) is 1. The van der Waals surface area contributed by atoms with Gasteiger partial charge in [0.15, 0.2) is 11.5 Å². The second-order valence-electron chi connectivity index (χ2n) is 6.94. The molecule has 7 heteroatoms. The zero-order valence-electron chi connectivity index (χ0n) is 17.3. The van der Waals surface area contributed by atoms with Crippen LogP contribution in [-0.4, -0.2) is 62.1 Å². The van der Waals surface area contributed by atoms with Crippen molar-refractivity contribution in [3.8, 4) is 11.5 Å². The average Bonchev–Trinajstić information content (AvgIpc) is 2.69. The molecule has 1 aromatic carbocycles. The zero-order valence-corrected chi connectivity index (χ0v) is 17.3. The molecule has 0 spiro atoms. The summed E-state index contributed by atoms with van der Waals surface area (Å²) in [4.78, 5) is 26.8. The van der Waals surface area contributed by atoms with Crippen LogP contribution in [0.5, 0.6) is 11.5 Å². The quantitative estimate of drug-likeness (QED) is 0.639. The Morgan fingerprint density at radius 2 is 1.86 bits per heavy atom. The van der Waals surface area contributed by atoms with E-state index in [-0.39, 0.29) is 18.4 Å². The molecule has 7 nitrogen and oxygen atoms in total. The first kappa shape index (κ1) is 22.0. The lowest BCUT2D eigenvalue weighted by Crippen LogP contribution is -2.44.